The number of hydrogen-bond donors (Lipinski definition) is 6. The molecular formula is C44H56N6NaO11S3+. The number of amides is 1. The third-order valence-corrected chi connectivity index (χ3v) is 12.2. The van der Waals surface area contributed by atoms with Crippen LogP contribution in [0.25, 0.3) is 0 Å². The van der Waals surface area contributed by atoms with E-state index in [-0.39, 0.29) is 64.8 Å². The van der Waals surface area contributed by atoms with Crippen molar-refractivity contribution < 1.29 is 82.4 Å². The van der Waals surface area contributed by atoms with Crippen LogP contribution in [0.5, 0.6) is 0 Å². The number of anilines is 2. The predicted octanol–water partition coefficient (Wildman–Crippen LogP) is 2.78. The summed E-state index contributed by atoms with van der Waals surface area (Å²) in [5.41, 5.74) is 18.3. The van der Waals surface area contributed by atoms with Crippen LogP contribution in [0.3, 0.4) is 0 Å². The fourth-order valence-corrected chi connectivity index (χ4v) is 8.75. The molecule has 21 heteroatoms. The van der Waals surface area contributed by atoms with Gasteiger partial charge in [-0.2, -0.15) is 21.4 Å². The van der Waals surface area contributed by atoms with Gasteiger partial charge >= 0.3 is 29.6 Å². The SMILES string of the molecule is CC1(C)C(/C=C/C=C/C=C/C=C2\N(CCCCS(=O)(=O)O)c3ccc(C(=O)Nc4ccc(CN=C(N)N)cc4)cc3C2(C)C)=[N+](CCCCS(=O)(=O)O)c2ccccc21.O=S(=O)([O-])O.[Na+]. The molecule has 1 amide bonds. The summed E-state index contributed by atoms with van der Waals surface area (Å²) in [4.78, 5) is 19.6. The first kappa shape index (κ1) is 54.9. The molecule has 17 nitrogen and oxygen atoms in total. The van der Waals surface area contributed by atoms with Gasteiger partial charge in [-0.15, -0.1) is 0 Å². The van der Waals surface area contributed by atoms with E-state index in [0.717, 1.165) is 33.9 Å². The Morgan fingerprint density at radius 1 is 0.785 bits per heavy atom. The van der Waals surface area contributed by atoms with Gasteiger partial charge in [-0.1, -0.05) is 74.6 Å². The summed E-state index contributed by atoms with van der Waals surface area (Å²) in [7, 11) is -13.0. The normalized spacial score (nSPS) is 16.1. The Hall–Kier alpha value is -4.48. The molecule has 0 radical (unpaired) electrons. The molecule has 3 aromatic rings. The van der Waals surface area contributed by atoms with Crippen LogP contribution in [0.4, 0.5) is 17.1 Å². The Bertz CT molecular complexity index is 2700. The van der Waals surface area contributed by atoms with Gasteiger partial charge in [-0.05, 0) is 80.6 Å². The first-order valence-corrected chi connectivity index (χ1v) is 24.8. The Balaban J connectivity index is 0.00000177. The number of unbranched alkanes of at least 4 members (excludes halogenated alkanes) is 2. The molecule has 2 aliphatic rings. The maximum absolute atomic E-state index is 13.4. The summed E-state index contributed by atoms with van der Waals surface area (Å²) in [6, 6.07) is 21.1. The monoisotopic (exact) mass is 963 g/mol. The Morgan fingerprint density at radius 3 is 1.98 bits per heavy atom. The minimum absolute atomic E-state index is 0. The smallest absolute Gasteiger partial charge is 0.726 e. The van der Waals surface area contributed by atoms with Crippen molar-refractivity contribution in [2.45, 2.75) is 70.8 Å². The predicted molar refractivity (Wildman–Crippen MR) is 249 cm³/mol. The molecule has 0 saturated carbocycles. The quantitative estimate of drug-likeness (QED) is 0.0156. The molecule has 0 unspecified atom stereocenters. The van der Waals surface area contributed by atoms with Crippen molar-refractivity contribution in [3.05, 3.63) is 137 Å². The zero-order valence-electron chi connectivity index (χ0n) is 37.1. The summed E-state index contributed by atoms with van der Waals surface area (Å²) in [5, 5.41) is 2.96. The van der Waals surface area contributed by atoms with E-state index in [1.54, 1.807) is 18.2 Å². The van der Waals surface area contributed by atoms with Crippen LogP contribution in [0.2, 0.25) is 0 Å². The number of nitrogens with zero attached hydrogens (tertiary/aromatic N) is 3. The average molecular weight is 964 g/mol. The zero-order chi connectivity index (χ0) is 47.5. The number of nitrogens with one attached hydrogen (secondary N) is 1. The molecule has 346 valence electrons. The van der Waals surface area contributed by atoms with Gasteiger partial charge in [0.25, 0.3) is 26.1 Å². The van der Waals surface area contributed by atoms with Crippen molar-refractivity contribution >= 4 is 65.3 Å². The number of hydrogen-bond acceptors (Lipinski definition) is 10. The number of carbonyl (C=O) groups is 1. The molecule has 0 saturated heterocycles. The Morgan fingerprint density at radius 2 is 1.37 bits per heavy atom. The van der Waals surface area contributed by atoms with E-state index in [0.29, 0.717) is 50.1 Å². The molecular weight excluding hydrogens is 908 g/mol. The molecule has 3 aromatic carbocycles. The number of nitrogens with two attached hydrogens (primary N) is 2. The van der Waals surface area contributed by atoms with Crippen LogP contribution < -0.4 is 51.2 Å². The van der Waals surface area contributed by atoms with E-state index in [4.69, 9.17) is 29.0 Å². The average Bonchev–Trinajstić information content (AvgIpc) is 3.53. The molecule has 0 fully saturated rings. The van der Waals surface area contributed by atoms with E-state index >= 15 is 0 Å². The topological polar surface area (TPSA) is 286 Å². The van der Waals surface area contributed by atoms with Crippen LogP contribution in [0.15, 0.2) is 120 Å². The molecule has 2 heterocycles. The van der Waals surface area contributed by atoms with Gasteiger partial charge in [-0.25, -0.2) is 13.4 Å². The zero-order valence-corrected chi connectivity index (χ0v) is 41.5. The minimum atomic E-state index is -4.92. The molecule has 65 heavy (non-hydrogen) atoms. The van der Waals surface area contributed by atoms with Crippen molar-refractivity contribution in [1.29, 1.82) is 0 Å². The summed E-state index contributed by atoms with van der Waals surface area (Å²) < 4.78 is 99.0. The summed E-state index contributed by atoms with van der Waals surface area (Å²) in [6.07, 6.45) is 15.6. The van der Waals surface area contributed by atoms with Gasteiger partial charge in [0.2, 0.25) is 16.1 Å². The van der Waals surface area contributed by atoms with Crippen molar-refractivity contribution in [3.63, 3.8) is 0 Å². The van der Waals surface area contributed by atoms with Crippen LogP contribution >= 0.6 is 0 Å². The van der Waals surface area contributed by atoms with Gasteiger partial charge in [-0.3, -0.25) is 18.5 Å². The van der Waals surface area contributed by atoms with Gasteiger partial charge in [0, 0.05) is 58.7 Å². The van der Waals surface area contributed by atoms with Gasteiger partial charge < -0.3 is 26.2 Å². The molecule has 2 aliphatic heterocycles. The van der Waals surface area contributed by atoms with Crippen LogP contribution in [-0.4, -0.2) is 90.2 Å². The molecule has 8 N–H and O–H groups in total. The van der Waals surface area contributed by atoms with E-state index < -0.39 is 36.1 Å². The maximum atomic E-state index is 13.4. The standard InChI is InChI=1S/C44H54N6O7S2.Na.H2O4S/c1-43(2)35-16-10-11-17-37(35)49(26-12-14-28-58(52,53)54)39(43)18-8-6-5-7-9-19-40-44(3,4)36-30-33(22-25-38(36)50(40)27-13-15-29-59(55,56)57)41(51)48-34-23-20-32(21-24-34)31-47-42(45)46;;1-5(2,3)4/h5-11,16-25,30H,12-15,26-29,31H2,1-4H3,(H6-,45,46,47,48,51,52,53,54,55,56,57);;(H2,1,2,3,4)/q;+1;. The maximum Gasteiger partial charge on any atom is 1.00 e. The van der Waals surface area contributed by atoms with Crippen molar-refractivity contribution in [1.82, 2.24) is 0 Å². The minimum Gasteiger partial charge on any atom is -0.726 e. The third kappa shape index (κ3) is 16.7. The Labute approximate surface area is 404 Å². The molecule has 0 aliphatic carbocycles. The number of para-hydroxylation sites is 1. The van der Waals surface area contributed by atoms with Crippen LogP contribution in [0.1, 0.15) is 80.4 Å². The van der Waals surface area contributed by atoms with E-state index in [9.17, 15) is 30.7 Å². The Kier molecular flexibility index (Phi) is 19.7. The van der Waals surface area contributed by atoms with Crippen LogP contribution in [0, 0.1) is 0 Å². The van der Waals surface area contributed by atoms with E-state index in [1.165, 1.54) is 5.56 Å². The number of allylic oxidation sites excluding steroid dienone is 8. The first-order valence-electron chi connectivity index (χ1n) is 20.2. The van der Waals surface area contributed by atoms with Gasteiger partial charge in [0.15, 0.2) is 11.7 Å². The number of fused-ring (bicyclic) bond motifs is 2. The summed E-state index contributed by atoms with van der Waals surface area (Å²) >= 11 is 0. The van der Waals surface area contributed by atoms with Gasteiger partial charge in [0.1, 0.15) is 6.54 Å². The fraction of sp³-hybridized carbons (Fsp3) is 0.341. The van der Waals surface area contributed by atoms with Crippen LogP contribution in [-0.2, 0) is 48.0 Å². The molecule has 0 bridgehead atoms. The number of carbonyl (C=O) groups excluding carboxylic acids is 1. The largest absolute Gasteiger partial charge is 1.00 e. The third-order valence-electron chi connectivity index (χ3n) is 10.6. The van der Waals surface area contributed by atoms with E-state index in [2.05, 4.69) is 65.7 Å². The molecule has 0 spiro atoms. The van der Waals surface area contributed by atoms with Gasteiger partial charge in [0.05, 0.1) is 23.5 Å². The second-order valence-electron chi connectivity index (χ2n) is 16.2. The first-order chi connectivity index (χ1) is 29.8. The molecule has 0 atom stereocenters. The second kappa shape index (κ2) is 23.3. The fourth-order valence-electron chi connectivity index (χ4n) is 7.61. The summed E-state index contributed by atoms with van der Waals surface area (Å²) in [6.45, 7) is 9.97. The second-order valence-corrected chi connectivity index (χ2v) is 20.2. The number of rotatable bonds is 18. The number of benzene rings is 3. The number of guanidine groups is 1. The van der Waals surface area contributed by atoms with Crippen molar-refractivity contribution in [2.75, 3.05) is 34.8 Å². The van der Waals surface area contributed by atoms with Crippen molar-refractivity contribution in [2.24, 2.45) is 16.5 Å². The summed E-state index contributed by atoms with van der Waals surface area (Å²) in [5.74, 6) is -0.851. The molecule has 5 rings (SSSR count). The number of aliphatic imine (C=N–C) groups is 1. The van der Waals surface area contributed by atoms with Crippen molar-refractivity contribution in [3.8, 4) is 0 Å². The molecule has 0 aromatic heterocycles. The van der Waals surface area contributed by atoms with E-state index in [1.807, 2.05) is 72.9 Å².